The Balaban J connectivity index is 2.00. The van der Waals surface area contributed by atoms with Crippen LogP contribution in [0.2, 0.25) is 0 Å². The fourth-order valence-electron chi connectivity index (χ4n) is 1.73. The van der Waals surface area contributed by atoms with E-state index < -0.39 is 16.4 Å². The predicted molar refractivity (Wildman–Crippen MR) is 66.8 cm³/mol. The number of nitrogens with zero attached hydrogens (tertiary/aromatic N) is 3. The zero-order valence-corrected chi connectivity index (χ0v) is 10.3. The third kappa shape index (κ3) is 3.14. The van der Waals surface area contributed by atoms with Gasteiger partial charge >= 0.3 is 5.69 Å². The Labute approximate surface area is 109 Å². The molecule has 0 radical (unpaired) electrons. The van der Waals surface area contributed by atoms with Gasteiger partial charge in [-0.1, -0.05) is 12.1 Å². The summed E-state index contributed by atoms with van der Waals surface area (Å²) in [5, 5.41) is 17.8. The van der Waals surface area contributed by atoms with Crippen LogP contribution in [0, 0.1) is 15.9 Å². The maximum Gasteiger partial charge on any atom is 0.305 e. The summed E-state index contributed by atoms with van der Waals surface area (Å²) in [7, 11) is 1.81. The van der Waals surface area contributed by atoms with Crippen molar-refractivity contribution in [2.75, 3.05) is 0 Å². The van der Waals surface area contributed by atoms with Crippen LogP contribution in [0.25, 0.3) is 0 Å². The molecule has 1 N–H and O–H groups in total. The summed E-state index contributed by atoms with van der Waals surface area (Å²) in [5.41, 5.74) is 0.593. The molecule has 6 nitrogen and oxygen atoms in total. The van der Waals surface area contributed by atoms with Crippen molar-refractivity contribution < 1.29 is 9.31 Å². The molecule has 0 atom stereocenters. The summed E-state index contributed by atoms with van der Waals surface area (Å²) < 4.78 is 15.4. The minimum absolute atomic E-state index is 0.212. The van der Waals surface area contributed by atoms with Gasteiger partial charge in [0.1, 0.15) is 0 Å². The highest BCUT2D eigenvalue weighted by Gasteiger charge is 2.16. The number of halogens is 1. The molecule has 1 aromatic carbocycles. The lowest BCUT2D eigenvalue weighted by molar-refractivity contribution is -0.387. The maximum atomic E-state index is 13.8. The van der Waals surface area contributed by atoms with Crippen molar-refractivity contribution in [2.45, 2.75) is 13.1 Å². The fraction of sp³-hybridized carbons (Fsp3) is 0.250. The average molecular weight is 264 g/mol. The molecule has 0 bridgehead atoms. The van der Waals surface area contributed by atoms with Gasteiger partial charge < -0.3 is 5.32 Å². The summed E-state index contributed by atoms with van der Waals surface area (Å²) in [6, 6.07) is 5.99. The summed E-state index contributed by atoms with van der Waals surface area (Å²) in [4.78, 5) is 9.88. The summed E-state index contributed by atoms with van der Waals surface area (Å²) >= 11 is 0. The second-order valence-corrected chi connectivity index (χ2v) is 4.09. The van der Waals surface area contributed by atoms with Crippen LogP contribution in [-0.2, 0) is 20.1 Å². The van der Waals surface area contributed by atoms with Crippen LogP contribution in [0.4, 0.5) is 10.1 Å². The zero-order chi connectivity index (χ0) is 13.8. The topological polar surface area (TPSA) is 73.0 Å². The molecule has 0 saturated heterocycles. The first-order chi connectivity index (χ1) is 9.08. The molecular formula is C12H13FN4O2. The number of aromatic nitrogens is 2. The first-order valence-corrected chi connectivity index (χ1v) is 5.69. The smallest absolute Gasteiger partial charge is 0.305 e. The summed E-state index contributed by atoms with van der Waals surface area (Å²) in [6.07, 6.45) is 1.81. The lowest BCUT2D eigenvalue weighted by atomic mass is 10.2. The van der Waals surface area contributed by atoms with Gasteiger partial charge in [-0.15, -0.1) is 0 Å². The highest BCUT2D eigenvalue weighted by atomic mass is 19.1. The van der Waals surface area contributed by atoms with E-state index in [1.807, 2.05) is 19.3 Å². The van der Waals surface area contributed by atoms with E-state index in [2.05, 4.69) is 10.4 Å². The molecule has 2 aromatic rings. The number of rotatable bonds is 5. The second kappa shape index (κ2) is 5.57. The zero-order valence-electron chi connectivity index (χ0n) is 10.3. The molecule has 0 aliphatic carbocycles. The van der Waals surface area contributed by atoms with Gasteiger partial charge in [-0.2, -0.15) is 9.49 Å². The average Bonchev–Trinajstić information content (AvgIpc) is 2.77. The Morgan fingerprint density at radius 3 is 2.84 bits per heavy atom. The molecule has 1 aromatic heterocycles. The third-order valence-electron chi connectivity index (χ3n) is 2.65. The van der Waals surface area contributed by atoms with E-state index in [9.17, 15) is 14.5 Å². The number of benzene rings is 1. The Bertz CT molecular complexity index is 597. The van der Waals surface area contributed by atoms with Gasteiger partial charge in [0.25, 0.3) is 0 Å². The van der Waals surface area contributed by atoms with Crippen LogP contribution in [-0.4, -0.2) is 14.7 Å². The van der Waals surface area contributed by atoms with Gasteiger partial charge in [-0.25, -0.2) is 0 Å². The summed E-state index contributed by atoms with van der Waals surface area (Å²) in [5.74, 6) is -0.791. The van der Waals surface area contributed by atoms with Crippen molar-refractivity contribution in [1.82, 2.24) is 15.1 Å². The number of nitrogens with one attached hydrogen (secondary N) is 1. The number of nitro benzene ring substituents is 1. The highest BCUT2D eigenvalue weighted by Crippen LogP contribution is 2.19. The molecule has 0 amide bonds. The SMILES string of the molecule is Cn1ccc(CNCc2cccc([N+](=O)[O-])c2F)n1. The van der Waals surface area contributed by atoms with Gasteiger partial charge in [-0.3, -0.25) is 14.8 Å². The molecule has 0 spiro atoms. The van der Waals surface area contributed by atoms with E-state index >= 15 is 0 Å². The van der Waals surface area contributed by atoms with Crippen LogP contribution in [0.15, 0.2) is 30.5 Å². The molecule has 0 fully saturated rings. The number of hydrogen-bond acceptors (Lipinski definition) is 4. The van der Waals surface area contributed by atoms with Crippen LogP contribution in [0.5, 0.6) is 0 Å². The number of nitro groups is 1. The van der Waals surface area contributed by atoms with Crippen molar-refractivity contribution >= 4 is 5.69 Å². The monoisotopic (exact) mass is 264 g/mol. The molecule has 7 heteroatoms. The second-order valence-electron chi connectivity index (χ2n) is 4.09. The number of hydrogen-bond donors (Lipinski definition) is 1. The molecule has 0 unspecified atom stereocenters. The molecule has 1 heterocycles. The standard InChI is InChI=1S/C12H13FN4O2/c1-16-6-5-10(15-16)8-14-7-9-3-2-4-11(12(9)13)17(18)19/h2-6,14H,7-8H2,1H3. The van der Waals surface area contributed by atoms with E-state index in [1.165, 1.54) is 12.1 Å². The van der Waals surface area contributed by atoms with Crippen molar-refractivity contribution in [1.29, 1.82) is 0 Å². The molecule has 2 rings (SSSR count). The van der Waals surface area contributed by atoms with Crippen molar-refractivity contribution in [3.8, 4) is 0 Å². The van der Waals surface area contributed by atoms with Crippen molar-refractivity contribution in [3.05, 3.63) is 57.7 Å². The first-order valence-electron chi connectivity index (χ1n) is 5.69. The minimum atomic E-state index is -0.791. The Hall–Kier alpha value is -2.28. The quantitative estimate of drug-likeness (QED) is 0.659. The Kier molecular flexibility index (Phi) is 3.86. The largest absolute Gasteiger partial charge is 0.307 e. The van der Waals surface area contributed by atoms with Crippen LogP contribution in [0.1, 0.15) is 11.3 Å². The van der Waals surface area contributed by atoms with Crippen LogP contribution >= 0.6 is 0 Å². The number of aryl methyl sites for hydroxylation is 1. The lowest BCUT2D eigenvalue weighted by Gasteiger charge is -2.04. The Morgan fingerprint density at radius 1 is 1.42 bits per heavy atom. The lowest BCUT2D eigenvalue weighted by Crippen LogP contribution is -2.14. The van der Waals surface area contributed by atoms with E-state index in [4.69, 9.17) is 0 Å². The third-order valence-corrected chi connectivity index (χ3v) is 2.65. The van der Waals surface area contributed by atoms with E-state index in [0.29, 0.717) is 6.54 Å². The van der Waals surface area contributed by atoms with Gasteiger partial charge in [-0.05, 0) is 6.07 Å². The molecule has 0 aliphatic heterocycles. The predicted octanol–water partition coefficient (Wildman–Crippen LogP) is 1.76. The van der Waals surface area contributed by atoms with E-state index in [0.717, 1.165) is 11.8 Å². The molecule has 0 saturated carbocycles. The Morgan fingerprint density at radius 2 is 2.21 bits per heavy atom. The van der Waals surface area contributed by atoms with Gasteiger partial charge in [0.2, 0.25) is 5.82 Å². The van der Waals surface area contributed by atoms with Crippen molar-refractivity contribution in [3.63, 3.8) is 0 Å². The fourth-order valence-corrected chi connectivity index (χ4v) is 1.73. The minimum Gasteiger partial charge on any atom is -0.307 e. The highest BCUT2D eigenvalue weighted by molar-refractivity contribution is 5.36. The summed E-state index contributed by atoms with van der Waals surface area (Å²) in [6.45, 7) is 0.688. The van der Waals surface area contributed by atoms with E-state index in [1.54, 1.807) is 4.68 Å². The maximum absolute atomic E-state index is 13.8. The first kappa shape index (κ1) is 13.2. The van der Waals surface area contributed by atoms with Crippen LogP contribution < -0.4 is 5.32 Å². The molecule has 0 aliphatic rings. The molecular weight excluding hydrogens is 251 g/mol. The van der Waals surface area contributed by atoms with Gasteiger partial charge in [0.15, 0.2) is 0 Å². The molecule has 19 heavy (non-hydrogen) atoms. The van der Waals surface area contributed by atoms with Crippen molar-refractivity contribution in [2.24, 2.45) is 7.05 Å². The normalized spacial score (nSPS) is 10.6. The van der Waals surface area contributed by atoms with E-state index in [-0.39, 0.29) is 12.1 Å². The molecule has 100 valence electrons. The van der Waals surface area contributed by atoms with Gasteiger partial charge in [0.05, 0.1) is 10.6 Å². The van der Waals surface area contributed by atoms with Gasteiger partial charge in [0, 0.05) is 38.0 Å². The van der Waals surface area contributed by atoms with Crippen LogP contribution in [0.3, 0.4) is 0 Å².